The summed E-state index contributed by atoms with van der Waals surface area (Å²) in [7, 11) is 0. The minimum absolute atomic E-state index is 0.102. The average Bonchev–Trinajstić information content (AvgIpc) is 2.74. The molecule has 0 aliphatic carbocycles. The third-order valence-corrected chi connectivity index (χ3v) is 4.57. The Morgan fingerprint density at radius 2 is 1.61 bits per heavy atom. The lowest BCUT2D eigenvalue weighted by atomic mass is 9.99. The van der Waals surface area contributed by atoms with E-state index in [-0.39, 0.29) is 28.3 Å². The van der Waals surface area contributed by atoms with E-state index in [0.717, 1.165) is 6.07 Å². The lowest BCUT2D eigenvalue weighted by molar-refractivity contribution is -0.137. The van der Waals surface area contributed by atoms with Gasteiger partial charge < -0.3 is 22.2 Å². The predicted octanol–water partition coefficient (Wildman–Crippen LogP) is 4.54. The molecule has 1 amide bonds. The number of anilines is 3. The van der Waals surface area contributed by atoms with E-state index in [0.29, 0.717) is 23.4 Å². The molecule has 0 aliphatic heterocycles. The zero-order chi connectivity index (χ0) is 22.8. The number of rotatable bonds is 5. The molecular formula is C22H18F3N5O. The number of amides is 1. The summed E-state index contributed by atoms with van der Waals surface area (Å²) < 4.78 is 40.4. The molecule has 6 nitrogen and oxygen atoms in total. The molecular weight excluding hydrogens is 407 g/mol. The molecule has 0 saturated heterocycles. The van der Waals surface area contributed by atoms with Gasteiger partial charge in [-0.1, -0.05) is 30.3 Å². The number of hydrogen-bond acceptors (Lipinski definition) is 5. The number of benzene rings is 3. The van der Waals surface area contributed by atoms with Gasteiger partial charge in [-0.2, -0.15) is 13.2 Å². The van der Waals surface area contributed by atoms with Crippen molar-refractivity contribution in [2.24, 2.45) is 0 Å². The Hall–Kier alpha value is -4.14. The molecule has 158 valence electrons. The van der Waals surface area contributed by atoms with Crippen molar-refractivity contribution in [1.29, 1.82) is 10.8 Å². The summed E-state index contributed by atoms with van der Waals surface area (Å²) in [5, 5.41) is 18.0. The molecule has 0 aliphatic rings. The lowest BCUT2D eigenvalue weighted by Crippen LogP contribution is -2.20. The second kappa shape index (κ2) is 8.31. The highest BCUT2D eigenvalue weighted by Crippen LogP contribution is 2.34. The van der Waals surface area contributed by atoms with Crippen LogP contribution in [0.4, 0.5) is 30.2 Å². The number of alkyl halides is 3. The third kappa shape index (κ3) is 4.55. The summed E-state index contributed by atoms with van der Waals surface area (Å²) in [6.45, 7) is 0. The quantitative estimate of drug-likeness (QED) is 0.304. The van der Waals surface area contributed by atoms with Gasteiger partial charge in [0.25, 0.3) is 5.91 Å². The highest BCUT2D eigenvalue weighted by Gasteiger charge is 2.36. The summed E-state index contributed by atoms with van der Waals surface area (Å²) in [6.07, 6.45) is -4.13. The van der Waals surface area contributed by atoms with Crippen molar-refractivity contribution in [2.45, 2.75) is 6.18 Å². The first kappa shape index (κ1) is 21.6. The van der Waals surface area contributed by atoms with Gasteiger partial charge in [0.05, 0.1) is 16.8 Å². The summed E-state index contributed by atoms with van der Waals surface area (Å²) in [6, 6.07) is 14.6. The molecule has 0 aromatic heterocycles. The van der Waals surface area contributed by atoms with Gasteiger partial charge in [-0.3, -0.25) is 10.2 Å². The van der Waals surface area contributed by atoms with Crippen LogP contribution in [0.1, 0.15) is 32.6 Å². The first-order chi connectivity index (χ1) is 14.6. The van der Waals surface area contributed by atoms with Gasteiger partial charge in [-0.05, 0) is 30.3 Å². The molecule has 0 radical (unpaired) electrons. The minimum Gasteiger partial charge on any atom is -0.398 e. The molecule has 0 saturated carbocycles. The molecule has 0 atom stereocenters. The van der Waals surface area contributed by atoms with Crippen LogP contribution >= 0.6 is 0 Å². The highest BCUT2D eigenvalue weighted by atomic mass is 19.4. The zero-order valence-electron chi connectivity index (χ0n) is 16.0. The van der Waals surface area contributed by atoms with Crippen molar-refractivity contribution in [3.8, 4) is 0 Å². The van der Waals surface area contributed by atoms with E-state index in [1.807, 2.05) is 0 Å². The Labute approximate surface area is 175 Å². The maximum atomic E-state index is 13.5. The number of carbonyl (C=O) groups excluding carboxylic acids is 1. The number of halogens is 3. The fourth-order valence-electron chi connectivity index (χ4n) is 2.99. The maximum absolute atomic E-state index is 13.5. The molecule has 9 heteroatoms. The van der Waals surface area contributed by atoms with Crippen LogP contribution in [0, 0.1) is 10.8 Å². The first-order valence-corrected chi connectivity index (χ1v) is 8.98. The van der Waals surface area contributed by atoms with Crippen LogP contribution in [-0.4, -0.2) is 17.8 Å². The second-order valence-corrected chi connectivity index (χ2v) is 6.67. The molecule has 0 spiro atoms. The van der Waals surface area contributed by atoms with Crippen LogP contribution in [0.15, 0.2) is 60.7 Å². The predicted molar refractivity (Wildman–Crippen MR) is 115 cm³/mol. The monoisotopic (exact) mass is 425 g/mol. The summed E-state index contributed by atoms with van der Waals surface area (Å²) in [5.74, 6) is -1.03. The molecule has 7 N–H and O–H groups in total. The zero-order valence-corrected chi connectivity index (χ0v) is 16.0. The molecule has 3 rings (SSSR count). The molecule has 31 heavy (non-hydrogen) atoms. The van der Waals surface area contributed by atoms with Crippen molar-refractivity contribution in [3.05, 3.63) is 88.5 Å². The Balaban J connectivity index is 1.97. The van der Waals surface area contributed by atoms with Crippen molar-refractivity contribution < 1.29 is 18.0 Å². The molecule has 3 aromatic rings. The van der Waals surface area contributed by atoms with E-state index in [2.05, 4.69) is 5.32 Å². The van der Waals surface area contributed by atoms with E-state index in [1.165, 1.54) is 18.2 Å². The lowest BCUT2D eigenvalue weighted by Gasteiger charge is -2.16. The van der Waals surface area contributed by atoms with Crippen LogP contribution in [0.2, 0.25) is 0 Å². The minimum atomic E-state index is -4.82. The van der Waals surface area contributed by atoms with Crippen LogP contribution in [0.5, 0.6) is 0 Å². The van der Waals surface area contributed by atoms with E-state index >= 15 is 0 Å². The Bertz CT molecular complexity index is 1170. The Morgan fingerprint density at radius 3 is 2.23 bits per heavy atom. The van der Waals surface area contributed by atoms with Gasteiger partial charge in [-0.25, -0.2) is 0 Å². The first-order valence-electron chi connectivity index (χ1n) is 8.98. The number of nitrogens with one attached hydrogen (secondary N) is 3. The fourth-order valence-corrected chi connectivity index (χ4v) is 2.99. The smallest absolute Gasteiger partial charge is 0.398 e. The Kier molecular flexibility index (Phi) is 5.78. The normalized spacial score (nSPS) is 11.1. The molecule has 0 fully saturated rings. The number of nitrogen functional groups attached to an aromatic ring is 2. The van der Waals surface area contributed by atoms with E-state index in [1.54, 1.807) is 30.3 Å². The molecule has 3 aromatic carbocycles. The van der Waals surface area contributed by atoms with Crippen molar-refractivity contribution in [2.75, 3.05) is 16.8 Å². The summed E-state index contributed by atoms with van der Waals surface area (Å²) in [5.41, 5.74) is 10.9. The van der Waals surface area contributed by atoms with Gasteiger partial charge in [0.2, 0.25) is 0 Å². The van der Waals surface area contributed by atoms with Gasteiger partial charge in [0.1, 0.15) is 0 Å². The SMILES string of the molecule is N=Cc1cc(C(F)(F)F)c(C(=O)Nc2ccc(N)c(C(=N)c3ccccc3)c2)cc1N. The largest absolute Gasteiger partial charge is 0.417 e. The topological polar surface area (TPSA) is 129 Å². The van der Waals surface area contributed by atoms with Crippen LogP contribution in [-0.2, 0) is 6.18 Å². The Morgan fingerprint density at radius 1 is 0.935 bits per heavy atom. The van der Waals surface area contributed by atoms with Gasteiger partial charge >= 0.3 is 6.18 Å². The average molecular weight is 425 g/mol. The van der Waals surface area contributed by atoms with Gasteiger partial charge in [-0.15, -0.1) is 0 Å². The van der Waals surface area contributed by atoms with Crippen LogP contribution in [0.25, 0.3) is 0 Å². The number of nitrogens with two attached hydrogens (primary N) is 2. The standard InChI is InChI=1S/C22H18F3N5O/c23-22(24,25)17-8-13(11-26)19(28)10-15(17)21(31)30-14-6-7-18(27)16(9-14)20(29)12-4-2-1-3-5-12/h1-11,26,29H,27-28H2,(H,30,31). The number of hydrogen-bond donors (Lipinski definition) is 5. The highest BCUT2D eigenvalue weighted by molar-refractivity contribution is 6.15. The van der Waals surface area contributed by atoms with Crippen LogP contribution < -0.4 is 16.8 Å². The molecule has 0 bridgehead atoms. The van der Waals surface area contributed by atoms with Crippen LogP contribution in [0.3, 0.4) is 0 Å². The van der Waals surface area contributed by atoms with Gasteiger partial charge in [0.15, 0.2) is 0 Å². The third-order valence-electron chi connectivity index (χ3n) is 4.57. The number of carbonyl (C=O) groups is 1. The van der Waals surface area contributed by atoms with Crippen molar-refractivity contribution in [1.82, 2.24) is 0 Å². The van der Waals surface area contributed by atoms with Gasteiger partial charge in [0, 0.05) is 40.0 Å². The summed E-state index contributed by atoms with van der Waals surface area (Å²) >= 11 is 0. The second-order valence-electron chi connectivity index (χ2n) is 6.67. The molecule has 0 unspecified atom stereocenters. The van der Waals surface area contributed by atoms with E-state index in [4.69, 9.17) is 22.3 Å². The summed E-state index contributed by atoms with van der Waals surface area (Å²) in [4.78, 5) is 12.7. The maximum Gasteiger partial charge on any atom is 0.417 e. The molecule has 0 heterocycles. The van der Waals surface area contributed by atoms with Crippen molar-refractivity contribution in [3.63, 3.8) is 0 Å². The van der Waals surface area contributed by atoms with E-state index < -0.39 is 23.2 Å². The fraction of sp³-hybridized carbons (Fsp3) is 0.0455. The van der Waals surface area contributed by atoms with E-state index in [9.17, 15) is 18.0 Å². The van der Waals surface area contributed by atoms with Crippen molar-refractivity contribution >= 4 is 34.9 Å².